The number of thioether (sulfide) groups is 1. The summed E-state index contributed by atoms with van der Waals surface area (Å²) >= 11 is 1.32. The number of H-pyrrole nitrogens is 1. The van der Waals surface area contributed by atoms with Crippen LogP contribution in [-0.4, -0.2) is 41.1 Å². The number of amides is 1. The lowest BCUT2D eigenvalue weighted by atomic mass is 10.4. The van der Waals surface area contributed by atoms with E-state index in [1.807, 2.05) is 0 Å². The standard InChI is InChI=1S/C14H16N4O5S/c15-11-10(16-12(19)8-2-1-4-21-8)13(20)18-14(17-11)24-7-3-9-22-5-6-23-9/h1-2,4,9H,3,5-7H2,(H,16,19)(H3,15,17,18,20). The number of hydrogen-bond donors (Lipinski definition) is 3. The smallest absolute Gasteiger partial charge is 0.291 e. The van der Waals surface area contributed by atoms with Gasteiger partial charge in [0.25, 0.3) is 11.5 Å². The molecule has 1 fully saturated rings. The fraction of sp³-hybridized carbons (Fsp3) is 0.357. The van der Waals surface area contributed by atoms with E-state index in [9.17, 15) is 9.59 Å². The molecule has 9 nitrogen and oxygen atoms in total. The van der Waals surface area contributed by atoms with Gasteiger partial charge in [-0.3, -0.25) is 14.6 Å². The SMILES string of the molecule is Nc1nc(SCCC2OCCO2)[nH]c(=O)c1NC(=O)c1ccco1. The van der Waals surface area contributed by atoms with Crippen LogP contribution < -0.4 is 16.6 Å². The number of anilines is 2. The molecule has 128 valence electrons. The normalized spacial score (nSPS) is 14.8. The van der Waals surface area contributed by atoms with Crippen LogP contribution in [0.15, 0.2) is 32.8 Å². The molecule has 3 heterocycles. The first-order valence-electron chi connectivity index (χ1n) is 7.24. The topological polar surface area (TPSA) is 132 Å². The third-order valence-corrected chi connectivity index (χ3v) is 4.10. The van der Waals surface area contributed by atoms with Crippen LogP contribution in [0.1, 0.15) is 17.0 Å². The van der Waals surface area contributed by atoms with Gasteiger partial charge in [-0.1, -0.05) is 11.8 Å². The molecule has 4 N–H and O–H groups in total. The van der Waals surface area contributed by atoms with Crippen LogP contribution in [0.2, 0.25) is 0 Å². The highest BCUT2D eigenvalue weighted by atomic mass is 32.2. The maximum absolute atomic E-state index is 12.1. The lowest BCUT2D eigenvalue weighted by Gasteiger charge is -2.09. The lowest BCUT2D eigenvalue weighted by Crippen LogP contribution is -2.22. The van der Waals surface area contributed by atoms with Crippen molar-refractivity contribution in [2.45, 2.75) is 17.9 Å². The molecule has 0 bridgehead atoms. The first-order chi connectivity index (χ1) is 11.6. The van der Waals surface area contributed by atoms with Crippen LogP contribution in [0.3, 0.4) is 0 Å². The van der Waals surface area contributed by atoms with Gasteiger partial charge >= 0.3 is 0 Å². The van der Waals surface area contributed by atoms with E-state index in [-0.39, 0.29) is 23.6 Å². The minimum Gasteiger partial charge on any atom is -0.459 e. The molecule has 2 aromatic rings. The van der Waals surface area contributed by atoms with Gasteiger partial charge in [0.1, 0.15) is 0 Å². The van der Waals surface area contributed by atoms with Crippen LogP contribution in [0.25, 0.3) is 0 Å². The Morgan fingerprint density at radius 3 is 2.92 bits per heavy atom. The Bertz CT molecular complexity index is 755. The summed E-state index contributed by atoms with van der Waals surface area (Å²) < 4.78 is 15.6. The summed E-state index contributed by atoms with van der Waals surface area (Å²) in [5.74, 6) is 0.0822. The molecule has 0 radical (unpaired) electrons. The minimum atomic E-state index is -0.574. The number of hydrogen-bond acceptors (Lipinski definition) is 8. The van der Waals surface area contributed by atoms with Crippen molar-refractivity contribution in [2.24, 2.45) is 0 Å². The van der Waals surface area contributed by atoms with Crippen molar-refractivity contribution in [2.75, 3.05) is 30.0 Å². The predicted octanol–water partition coefficient (Wildman–Crippen LogP) is 1.05. The van der Waals surface area contributed by atoms with E-state index in [0.717, 1.165) is 0 Å². The Kier molecular flexibility index (Phi) is 5.18. The van der Waals surface area contributed by atoms with Gasteiger partial charge in [0, 0.05) is 12.2 Å². The van der Waals surface area contributed by atoms with E-state index in [1.54, 1.807) is 6.07 Å². The number of furan rings is 1. The molecule has 3 rings (SSSR count). The summed E-state index contributed by atoms with van der Waals surface area (Å²) in [6.45, 7) is 1.20. The second-order valence-electron chi connectivity index (χ2n) is 4.87. The molecule has 0 aromatic carbocycles. The summed E-state index contributed by atoms with van der Waals surface area (Å²) in [4.78, 5) is 30.7. The third kappa shape index (κ3) is 3.96. The molecule has 2 aromatic heterocycles. The van der Waals surface area contributed by atoms with E-state index in [1.165, 1.54) is 24.1 Å². The molecule has 0 spiro atoms. The molecule has 0 aliphatic carbocycles. The number of ether oxygens (including phenoxy) is 2. The first-order valence-corrected chi connectivity index (χ1v) is 8.22. The third-order valence-electron chi connectivity index (χ3n) is 3.19. The molecular formula is C14H16N4O5S. The summed E-state index contributed by atoms with van der Waals surface area (Å²) in [6, 6.07) is 3.04. The molecule has 1 aliphatic rings. The molecule has 1 saturated heterocycles. The predicted molar refractivity (Wildman–Crippen MR) is 87.0 cm³/mol. The Morgan fingerprint density at radius 2 is 2.25 bits per heavy atom. The zero-order valence-corrected chi connectivity index (χ0v) is 13.4. The molecule has 0 saturated carbocycles. The monoisotopic (exact) mass is 352 g/mol. The number of carbonyl (C=O) groups is 1. The Hall–Kier alpha value is -2.30. The summed E-state index contributed by atoms with van der Waals surface area (Å²) in [6.07, 6.45) is 1.82. The van der Waals surface area contributed by atoms with Gasteiger partial charge in [-0.05, 0) is 12.1 Å². The molecule has 1 aliphatic heterocycles. The Morgan fingerprint density at radius 1 is 1.46 bits per heavy atom. The van der Waals surface area contributed by atoms with Crippen LogP contribution in [0.5, 0.6) is 0 Å². The average molecular weight is 352 g/mol. The Balaban J connectivity index is 1.62. The van der Waals surface area contributed by atoms with E-state index < -0.39 is 11.5 Å². The summed E-state index contributed by atoms with van der Waals surface area (Å²) in [7, 11) is 0. The number of rotatable bonds is 6. The van der Waals surface area contributed by atoms with Gasteiger partial charge in [-0.25, -0.2) is 4.98 Å². The number of carbonyl (C=O) groups excluding carboxylic acids is 1. The van der Waals surface area contributed by atoms with Gasteiger partial charge in [0.05, 0.1) is 19.5 Å². The van der Waals surface area contributed by atoms with Gasteiger partial charge in [-0.15, -0.1) is 0 Å². The maximum Gasteiger partial charge on any atom is 0.291 e. The first kappa shape index (κ1) is 16.6. The molecule has 0 atom stereocenters. The van der Waals surface area contributed by atoms with E-state index in [0.29, 0.717) is 30.5 Å². The van der Waals surface area contributed by atoms with Crippen molar-refractivity contribution in [3.8, 4) is 0 Å². The number of nitrogens with two attached hydrogens (primary N) is 1. The molecule has 0 unspecified atom stereocenters. The van der Waals surface area contributed by atoms with Crippen LogP contribution >= 0.6 is 11.8 Å². The second-order valence-corrected chi connectivity index (χ2v) is 5.95. The number of nitrogen functional groups attached to an aromatic ring is 1. The highest BCUT2D eigenvalue weighted by molar-refractivity contribution is 7.99. The quantitative estimate of drug-likeness (QED) is 0.519. The highest BCUT2D eigenvalue weighted by Gasteiger charge is 2.17. The van der Waals surface area contributed by atoms with Crippen molar-refractivity contribution >= 4 is 29.2 Å². The van der Waals surface area contributed by atoms with E-state index >= 15 is 0 Å². The van der Waals surface area contributed by atoms with Crippen molar-refractivity contribution in [3.63, 3.8) is 0 Å². The molecule has 10 heteroatoms. The van der Waals surface area contributed by atoms with Crippen molar-refractivity contribution in [3.05, 3.63) is 34.5 Å². The molecular weight excluding hydrogens is 336 g/mol. The Labute approximate surface area is 140 Å². The second kappa shape index (κ2) is 7.51. The number of aromatic amines is 1. The number of nitrogens with one attached hydrogen (secondary N) is 2. The van der Waals surface area contributed by atoms with Crippen molar-refractivity contribution in [1.82, 2.24) is 9.97 Å². The van der Waals surface area contributed by atoms with Crippen LogP contribution in [0, 0.1) is 0 Å². The summed E-state index contributed by atoms with van der Waals surface area (Å²) in [5.41, 5.74) is 5.14. The minimum absolute atomic E-state index is 0.0606. The lowest BCUT2D eigenvalue weighted by molar-refractivity contribution is -0.0421. The zero-order valence-electron chi connectivity index (χ0n) is 12.6. The van der Waals surface area contributed by atoms with Crippen LogP contribution in [0.4, 0.5) is 11.5 Å². The summed E-state index contributed by atoms with van der Waals surface area (Å²) in [5, 5.41) is 2.76. The average Bonchev–Trinajstić information content (AvgIpc) is 3.24. The maximum atomic E-state index is 12.1. The largest absolute Gasteiger partial charge is 0.459 e. The fourth-order valence-corrected chi connectivity index (χ4v) is 2.90. The highest BCUT2D eigenvalue weighted by Crippen LogP contribution is 2.20. The van der Waals surface area contributed by atoms with Crippen LogP contribution in [-0.2, 0) is 9.47 Å². The number of aromatic nitrogens is 2. The molecule has 24 heavy (non-hydrogen) atoms. The fourth-order valence-electron chi connectivity index (χ4n) is 2.07. The van der Waals surface area contributed by atoms with Gasteiger partial charge in [0.15, 0.2) is 28.7 Å². The molecule has 1 amide bonds. The van der Waals surface area contributed by atoms with Gasteiger partial charge in [0.2, 0.25) is 0 Å². The number of nitrogens with zero attached hydrogens (tertiary/aromatic N) is 1. The van der Waals surface area contributed by atoms with Crippen molar-refractivity contribution in [1.29, 1.82) is 0 Å². The van der Waals surface area contributed by atoms with Gasteiger partial charge < -0.3 is 24.9 Å². The van der Waals surface area contributed by atoms with Crippen molar-refractivity contribution < 1.29 is 18.7 Å². The van der Waals surface area contributed by atoms with E-state index in [2.05, 4.69) is 15.3 Å². The zero-order chi connectivity index (χ0) is 16.9. The van der Waals surface area contributed by atoms with E-state index in [4.69, 9.17) is 19.6 Å². The van der Waals surface area contributed by atoms with Gasteiger partial charge in [-0.2, -0.15) is 0 Å².